The van der Waals surface area contributed by atoms with Gasteiger partial charge >= 0.3 is 12.1 Å². The summed E-state index contributed by atoms with van der Waals surface area (Å²) in [5.74, 6) is -7.85. The van der Waals surface area contributed by atoms with E-state index in [2.05, 4.69) is 9.88 Å². The van der Waals surface area contributed by atoms with Gasteiger partial charge in [-0.05, 0) is 114 Å². The number of esters is 1. The van der Waals surface area contributed by atoms with Crippen molar-refractivity contribution < 1.29 is 76.9 Å². The summed E-state index contributed by atoms with van der Waals surface area (Å²) < 4.78 is 41.7. The van der Waals surface area contributed by atoms with Gasteiger partial charge in [-0.15, -0.1) is 0 Å². The Hall–Kier alpha value is -5.75. The molecule has 3 amide bonds. The van der Waals surface area contributed by atoms with Crippen molar-refractivity contribution in [3.63, 3.8) is 0 Å². The molecule has 90 heavy (non-hydrogen) atoms. The third kappa shape index (κ3) is 18.5. The number of Topliss-reactive ketones (excluding diaryl/α,β-unsaturated/α-hetero) is 3. The number of hydrogen-bond donors (Lipinski definition) is 2. The Kier molecular flexibility index (Phi) is 26.9. The number of aliphatic hydroxyl groups excluding tert-OH is 1. The number of ether oxygens (including phenoxy) is 7. The lowest BCUT2D eigenvalue weighted by atomic mass is 9.78. The second-order valence-electron chi connectivity index (χ2n) is 26.1. The van der Waals surface area contributed by atoms with Crippen LogP contribution in [0.15, 0.2) is 53.8 Å². The van der Waals surface area contributed by atoms with Gasteiger partial charge in [0.15, 0.2) is 5.78 Å². The van der Waals surface area contributed by atoms with Crippen LogP contribution in [0, 0.1) is 35.5 Å². The molecule has 0 aromatic carbocycles. The first-order valence-corrected chi connectivity index (χ1v) is 32.9. The van der Waals surface area contributed by atoms with E-state index < -0.39 is 102 Å². The van der Waals surface area contributed by atoms with E-state index in [0.717, 1.165) is 16.8 Å². The number of aliphatic hydroxyl groups is 2. The first kappa shape index (κ1) is 71.7. The van der Waals surface area contributed by atoms with Crippen LogP contribution >= 0.6 is 0 Å². The molecule has 4 fully saturated rings. The third-order valence-electron chi connectivity index (χ3n) is 19.5. The van der Waals surface area contributed by atoms with Crippen LogP contribution in [0.3, 0.4) is 0 Å². The fourth-order valence-electron chi connectivity index (χ4n) is 13.7. The molecule has 0 unspecified atom stereocenters. The lowest BCUT2D eigenvalue weighted by molar-refractivity contribution is -0.265. The molecule has 22 heteroatoms. The van der Waals surface area contributed by atoms with Crippen molar-refractivity contribution in [2.45, 2.75) is 206 Å². The Bertz CT molecular complexity index is 2760. The highest BCUT2D eigenvalue weighted by Gasteiger charge is 2.53. The number of hydrogen-bond acceptors (Lipinski definition) is 19. The number of anilines is 1. The highest BCUT2D eigenvalue weighted by atomic mass is 16.6. The second kappa shape index (κ2) is 33.7. The predicted molar refractivity (Wildman–Crippen MR) is 335 cm³/mol. The Morgan fingerprint density at radius 1 is 0.833 bits per heavy atom. The zero-order valence-electron chi connectivity index (χ0n) is 55.2. The van der Waals surface area contributed by atoms with Gasteiger partial charge in [0.1, 0.15) is 36.2 Å². The molecule has 500 valence electrons. The van der Waals surface area contributed by atoms with Crippen molar-refractivity contribution in [2.24, 2.45) is 35.5 Å². The summed E-state index contributed by atoms with van der Waals surface area (Å²) in [5.41, 5.74) is 2.93. The van der Waals surface area contributed by atoms with Crippen LogP contribution in [-0.2, 0) is 74.9 Å². The number of nitrogens with zero attached hydrogens (tertiary/aromatic N) is 6. The normalized spacial score (nSPS) is 34.2. The van der Waals surface area contributed by atoms with Crippen LogP contribution in [0.25, 0.3) is 0 Å². The first-order valence-electron chi connectivity index (χ1n) is 32.9. The molecule has 6 heterocycles. The quantitative estimate of drug-likeness (QED) is 0.0903. The van der Waals surface area contributed by atoms with Crippen molar-refractivity contribution in [2.75, 3.05) is 78.7 Å². The molecule has 22 nitrogen and oxygen atoms in total. The molecule has 1 aromatic heterocycles. The maximum atomic E-state index is 14.8. The maximum Gasteiger partial charge on any atom is 0.410 e. The van der Waals surface area contributed by atoms with Gasteiger partial charge in [-0.3, -0.25) is 24.0 Å². The molecule has 2 N–H and O–H groups in total. The number of ketones is 3. The fourth-order valence-corrected chi connectivity index (χ4v) is 13.7. The number of rotatable bonds is 12. The predicted octanol–water partition coefficient (Wildman–Crippen LogP) is 7.25. The summed E-state index contributed by atoms with van der Waals surface area (Å²) >= 11 is 0. The van der Waals surface area contributed by atoms with E-state index in [4.69, 9.17) is 38.1 Å². The summed E-state index contributed by atoms with van der Waals surface area (Å²) in [4.78, 5) is 115. The number of piperazine rings is 1. The monoisotopic (exact) mass is 1260 g/mol. The van der Waals surface area contributed by atoms with E-state index in [1.165, 1.54) is 12.0 Å². The summed E-state index contributed by atoms with van der Waals surface area (Å²) in [5, 5.41) is 23.8. The molecule has 5 aliphatic heterocycles. The van der Waals surface area contributed by atoms with Crippen molar-refractivity contribution in [1.29, 1.82) is 0 Å². The van der Waals surface area contributed by atoms with Gasteiger partial charge in [-0.2, -0.15) is 0 Å². The molecule has 6 aliphatic rings. The Morgan fingerprint density at radius 3 is 2.30 bits per heavy atom. The van der Waals surface area contributed by atoms with E-state index in [1.54, 1.807) is 52.2 Å². The SMILES string of the molecule is CCOCCC(=O)N1CCN(c2ncc3c(n2)CCN(C(=O)O[C@@H]2CC[C@@H](C[C@@H](C)[C@@H]4CC(=O)[C@H](C)/C=C(\C)[C@@H](O)[C@@H](OC)C(=O)[C@H](C)C[C@H](C)/C=C/C=C/C=C(\C)[C@@H](OC)C[C@@H]5CC[C@@H](C)[C@@](O)(O5)C(=O)C(=O)N5CCCC[C@H]5C(=O)O4)C[C@H]2OC)C3)CC1. The maximum absolute atomic E-state index is 14.8. The number of carbonyl (C=O) groups is 7. The lowest BCUT2D eigenvalue weighted by Crippen LogP contribution is -2.61. The molecule has 3 saturated heterocycles. The number of amides is 3. The first-order chi connectivity index (χ1) is 43.0. The third-order valence-corrected chi connectivity index (χ3v) is 19.5. The van der Waals surface area contributed by atoms with Gasteiger partial charge in [0.2, 0.25) is 17.6 Å². The number of allylic oxidation sites excluding steroid dienone is 6. The molecular weight excluding hydrogens is 1160 g/mol. The molecule has 0 radical (unpaired) electrons. The second-order valence-corrected chi connectivity index (χ2v) is 26.1. The Balaban J connectivity index is 1.05. The van der Waals surface area contributed by atoms with Crippen LogP contribution < -0.4 is 4.90 Å². The molecule has 15 atom stereocenters. The van der Waals surface area contributed by atoms with Gasteiger partial charge in [0.25, 0.3) is 11.7 Å². The summed E-state index contributed by atoms with van der Waals surface area (Å²) in [6.45, 7) is 18.6. The van der Waals surface area contributed by atoms with Gasteiger partial charge in [-0.25, -0.2) is 19.6 Å². The highest BCUT2D eigenvalue weighted by Crippen LogP contribution is 2.39. The van der Waals surface area contributed by atoms with E-state index in [-0.39, 0.29) is 55.2 Å². The van der Waals surface area contributed by atoms with E-state index in [0.29, 0.717) is 135 Å². The van der Waals surface area contributed by atoms with E-state index >= 15 is 0 Å². The molecule has 7 rings (SSSR count). The Morgan fingerprint density at radius 2 is 1.59 bits per heavy atom. The molecule has 0 spiro atoms. The Labute approximate surface area is 532 Å². The van der Waals surface area contributed by atoms with Gasteiger partial charge in [-0.1, -0.05) is 71.1 Å². The minimum absolute atomic E-state index is 0.00935. The minimum atomic E-state index is -2.47. The summed E-state index contributed by atoms with van der Waals surface area (Å²) in [6.07, 6.45) is 12.4. The highest BCUT2D eigenvalue weighted by molar-refractivity contribution is 6.39. The van der Waals surface area contributed by atoms with Crippen LogP contribution in [0.4, 0.5) is 10.7 Å². The zero-order chi connectivity index (χ0) is 65.4. The summed E-state index contributed by atoms with van der Waals surface area (Å²) in [7, 11) is 4.53. The van der Waals surface area contributed by atoms with Crippen molar-refractivity contribution in [3.05, 3.63) is 65.1 Å². The van der Waals surface area contributed by atoms with E-state index in [9.17, 15) is 43.8 Å². The lowest BCUT2D eigenvalue weighted by Gasteiger charge is -2.42. The number of methoxy groups -OCH3 is 3. The van der Waals surface area contributed by atoms with Crippen LogP contribution in [-0.4, -0.2) is 204 Å². The van der Waals surface area contributed by atoms with E-state index in [1.807, 2.05) is 69.9 Å². The topological polar surface area (TPSA) is 263 Å². The van der Waals surface area contributed by atoms with Crippen molar-refractivity contribution in [3.8, 4) is 0 Å². The molecular formula is C68H102N6O16. The molecule has 1 aromatic rings. The van der Waals surface area contributed by atoms with Crippen LogP contribution in [0.1, 0.15) is 150 Å². The number of aromatic nitrogens is 2. The smallest absolute Gasteiger partial charge is 0.410 e. The summed E-state index contributed by atoms with van der Waals surface area (Å²) in [6, 6.07) is -1.20. The standard InChI is InChI=1S/C68H102N6O16/c1-12-87-33-26-59(76)71-29-31-72(32-30-71)66-69-40-50-41-73(28-25-52(50)70-66)67(82)89-55-24-22-49(37-58(55)85-10)36-45(5)57-39-54(75)44(4)35-47(7)61(78)62(86-11)60(77)46(6)34-42(2)18-14-13-15-19-43(3)56(84-9)38-51-23-21-48(8)68(83,90-51)63(79)64(80)74-27-17-16-20-53(74)65(81)88-57/h13-15,18-19,35,40,42,44-46,48-49,51,53,55-58,61-62,78,83H,12,16-17,20-34,36-39,41H2,1-11H3/b15-13+,18-14+,43-19+,47-35+/t42-,44-,45-,46-,48-,49+,51+,53+,55-,56+,57+,58-,61-,62+,68-/m1/s1. The zero-order valence-corrected chi connectivity index (χ0v) is 55.2. The van der Waals surface area contributed by atoms with Gasteiger partial charge in [0.05, 0.1) is 43.6 Å². The fraction of sp³-hybridized carbons (Fsp3) is 0.721. The van der Waals surface area contributed by atoms with Gasteiger partial charge in [0, 0.05) is 116 Å². The number of cyclic esters (lactones) is 1. The average Bonchev–Trinajstić information content (AvgIpc) is 0.850. The average molecular weight is 1260 g/mol. The largest absolute Gasteiger partial charge is 0.460 e. The molecule has 2 bridgehead atoms. The molecule has 1 saturated carbocycles. The number of carbonyl (C=O) groups excluding carboxylic acids is 7. The number of piperidine rings is 1. The van der Waals surface area contributed by atoms with Crippen LogP contribution in [0.5, 0.6) is 0 Å². The van der Waals surface area contributed by atoms with Crippen LogP contribution in [0.2, 0.25) is 0 Å². The van der Waals surface area contributed by atoms with Gasteiger partial charge < -0.3 is 63.0 Å². The van der Waals surface area contributed by atoms with Crippen molar-refractivity contribution in [1.82, 2.24) is 24.7 Å². The molecule has 1 aliphatic carbocycles. The van der Waals surface area contributed by atoms with Crippen molar-refractivity contribution >= 4 is 47.2 Å². The number of fused-ring (bicyclic) bond motifs is 4. The minimum Gasteiger partial charge on any atom is -0.460 e.